The molecule has 1 aromatic rings. The highest BCUT2D eigenvalue weighted by molar-refractivity contribution is 14.1. The van der Waals surface area contributed by atoms with Crippen LogP contribution in [0, 0.1) is 10.4 Å². The molecular weight excluding hydrogens is 291 g/mol. The molecule has 0 fully saturated rings. The molecule has 0 amide bonds. The molecule has 0 bridgehead atoms. The lowest BCUT2D eigenvalue weighted by Gasteiger charge is -1.95. The van der Waals surface area contributed by atoms with E-state index in [1.165, 1.54) is 0 Å². The van der Waals surface area contributed by atoms with Crippen LogP contribution in [0.4, 0.5) is 0 Å². The number of rotatable bonds is 0. The van der Waals surface area contributed by atoms with Gasteiger partial charge in [0.2, 0.25) is 0 Å². The molecule has 0 saturated heterocycles. The molecule has 0 spiro atoms. The van der Waals surface area contributed by atoms with E-state index in [0.717, 1.165) is 0 Å². The van der Waals surface area contributed by atoms with Gasteiger partial charge in [0, 0.05) is 12.2 Å². The average Bonchev–Trinajstić information content (AvgIpc) is 2.09. The summed E-state index contributed by atoms with van der Waals surface area (Å²) in [7, 11) is 0. The van der Waals surface area contributed by atoms with Crippen molar-refractivity contribution in [1.82, 2.24) is 0 Å². The van der Waals surface area contributed by atoms with Crippen molar-refractivity contribution in [2.75, 3.05) is 0 Å². The van der Waals surface area contributed by atoms with Crippen LogP contribution in [-0.4, -0.2) is 0 Å². The van der Waals surface area contributed by atoms with E-state index < -0.39 is 12.9 Å². The number of benzene rings is 1. The Morgan fingerprint density at radius 1 is 1.78 bits per heavy atom. The smallest absolute Gasteiger partial charge is 0.0581 e. The lowest BCUT2D eigenvalue weighted by molar-refractivity contribution is 1.43. The molecule has 0 aromatic heterocycles. The Morgan fingerprint density at radius 2 is 2.56 bits per heavy atom. The average molecular weight is 303 g/mol. The molecule has 0 aliphatic carbocycles. The van der Waals surface area contributed by atoms with Gasteiger partial charge in [-0.1, -0.05) is 11.6 Å². The third-order valence-electron chi connectivity index (χ3n) is 0.725. The zero-order chi connectivity index (χ0) is 12.0. The summed E-state index contributed by atoms with van der Waals surface area (Å²) in [5.74, 6) is 0. The molecule has 1 rings (SSSR count). The summed E-state index contributed by atoms with van der Waals surface area (Å²) in [4.78, 5) is 0. The van der Waals surface area contributed by atoms with Gasteiger partial charge in [-0.25, -0.2) is 0 Å². The molecule has 2 heteroatoms. The molecule has 0 radical (unpaired) electrons. The van der Waals surface area contributed by atoms with Crippen LogP contribution in [0.1, 0.15) is 13.8 Å². The minimum atomic E-state index is -2.52. The predicted molar refractivity (Wildman–Crippen MR) is 51.6 cm³/mol. The Kier molecular flexibility index (Phi) is 0.942. The molecule has 0 saturated carbocycles. The van der Waals surface area contributed by atoms with Gasteiger partial charge in [-0.2, -0.15) is 0 Å². The van der Waals surface area contributed by atoms with Crippen molar-refractivity contribution in [2.45, 2.75) is 6.85 Å². The predicted octanol–water partition coefficient (Wildman–Crippen LogP) is 3.36. The zero-order valence-corrected chi connectivity index (χ0v) is 8.00. The summed E-state index contributed by atoms with van der Waals surface area (Å²) in [6.07, 6.45) is 0. The van der Waals surface area contributed by atoms with Crippen molar-refractivity contribution in [3.05, 3.63) is 31.7 Å². The Morgan fingerprint density at radius 3 is 3.22 bits per heavy atom. The van der Waals surface area contributed by atoms with Crippen LogP contribution in [0.3, 0.4) is 0 Å². The number of hydrogen-bond donors (Lipinski definition) is 0. The molecule has 0 heterocycles. The molecular formula is C7H6BrI. The van der Waals surface area contributed by atoms with Gasteiger partial charge in [-0.05, 0) is 57.5 Å². The van der Waals surface area contributed by atoms with Crippen molar-refractivity contribution < 1.29 is 8.22 Å². The number of hydrogen-bond acceptors (Lipinski definition) is 0. The number of halogens is 2. The maximum Gasteiger partial charge on any atom is 0.0637 e. The van der Waals surface area contributed by atoms with Gasteiger partial charge in [-0.3, -0.25) is 0 Å². The first-order chi connectivity index (χ1) is 6.68. The summed E-state index contributed by atoms with van der Waals surface area (Å²) in [6, 6.07) is -0.808. The summed E-state index contributed by atoms with van der Waals surface area (Å²) in [6.45, 7) is -2.52. The second kappa shape index (κ2) is 3.01. The first-order valence-electron chi connectivity index (χ1n) is 5.13. The highest BCUT2D eigenvalue weighted by atomic mass is 127. The highest BCUT2D eigenvalue weighted by Gasteiger charge is 1.92. The summed E-state index contributed by atoms with van der Waals surface area (Å²) in [5.41, 5.74) is -0.361. The molecule has 0 N–H and O–H groups in total. The maximum atomic E-state index is 7.63. The van der Waals surface area contributed by atoms with E-state index in [0.29, 0.717) is 8.04 Å². The monoisotopic (exact) mass is 302 g/mol. The van der Waals surface area contributed by atoms with Crippen LogP contribution in [-0.2, 0) is 0 Å². The van der Waals surface area contributed by atoms with Gasteiger partial charge < -0.3 is 0 Å². The van der Waals surface area contributed by atoms with Crippen LogP contribution in [0.15, 0.2) is 22.6 Å². The molecule has 1 aromatic carbocycles. The minimum Gasteiger partial charge on any atom is -0.0581 e. The van der Waals surface area contributed by atoms with Crippen molar-refractivity contribution >= 4 is 38.5 Å². The summed E-state index contributed by atoms with van der Waals surface area (Å²) in [5, 5.41) is 0. The fraction of sp³-hybridized carbons (Fsp3) is 0.143. The molecule has 0 aliphatic rings. The van der Waals surface area contributed by atoms with Crippen molar-refractivity contribution in [3.8, 4) is 0 Å². The summed E-state index contributed by atoms with van der Waals surface area (Å²) < 4.78 is 45.0. The Labute approximate surface area is 85.4 Å². The molecule has 0 atom stereocenters. The molecule has 0 unspecified atom stereocenters. The molecule has 9 heavy (non-hydrogen) atoms. The normalized spacial score (nSPS) is 20.7. The lowest BCUT2D eigenvalue weighted by atomic mass is 10.2. The second-order valence-electron chi connectivity index (χ2n) is 1.38. The van der Waals surface area contributed by atoms with E-state index in [4.69, 9.17) is 8.22 Å². The van der Waals surface area contributed by atoms with E-state index >= 15 is 0 Å². The van der Waals surface area contributed by atoms with Gasteiger partial charge in [-0.15, -0.1) is 0 Å². The van der Waals surface area contributed by atoms with Crippen LogP contribution >= 0.6 is 38.5 Å². The van der Waals surface area contributed by atoms with Crippen LogP contribution in [0.25, 0.3) is 0 Å². The van der Waals surface area contributed by atoms with Gasteiger partial charge >= 0.3 is 0 Å². The largest absolute Gasteiger partial charge is 0.0637 e. The first-order valence-corrected chi connectivity index (χ1v) is 4.00. The first kappa shape index (κ1) is 2.81. The van der Waals surface area contributed by atoms with E-state index in [-0.39, 0.29) is 17.6 Å². The van der Waals surface area contributed by atoms with Crippen molar-refractivity contribution in [2.24, 2.45) is 0 Å². The standard InChI is InChI=1S/C7H6BrI/c1-5-2-3-6(8)7(9)4-5/h2-4H,1H3/i1D3,2D,3D,4D. The molecule has 0 aliphatic heterocycles. The van der Waals surface area contributed by atoms with E-state index in [1.807, 2.05) is 0 Å². The third-order valence-corrected chi connectivity index (χ3v) is 2.87. The lowest BCUT2D eigenvalue weighted by Crippen LogP contribution is -1.75. The van der Waals surface area contributed by atoms with E-state index in [2.05, 4.69) is 15.9 Å². The van der Waals surface area contributed by atoms with E-state index in [9.17, 15) is 0 Å². The fourth-order valence-corrected chi connectivity index (χ4v) is 0.971. The van der Waals surface area contributed by atoms with Crippen molar-refractivity contribution in [1.29, 1.82) is 0 Å². The molecule has 48 valence electrons. The van der Waals surface area contributed by atoms with Crippen LogP contribution in [0.2, 0.25) is 0 Å². The Bertz CT molecular complexity index is 384. The van der Waals surface area contributed by atoms with Crippen LogP contribution < -0.4 is 0 Å². The topological polar surface area (TPSA) is 0 Å². The second-order valence-corrected chi connectivity index (χ2v) is 3.25. The molecule has 0 nitrogen and oxygen atoms in total. The minimum absolute atomic E-state index is 0.193. The summed E-state index contributed by atoms with van der Waals surface area (Å²) >= 11 is 4.85. The van der Waals surface area contributed by atoms with Crippen molar-refractivity contribution in [3.63, 3.8) is 0 Å². The Balaban J connectivity index is 3.68. The fourth-order valence-electron chi connectivity index (χ4n) is 0.368. The van der Waals surface area contributed by atoms with Gasteiger partial charge in [0.15, 0.2) is 0 Å². The SMILES string of the molecule is [2H]c1c([2H])c(C([2H])([2H])[2H])c([2H])c(I)c1Br. The van der Waals surface area contributed by atoms with Gasteiger partial charge in [0.05, 0.1) is 4.11 Å². The zero-order valence-electron chi connectivity index (χ0n) is 10.3. The highest BCUT2D eigenvalue weighted by Crippen LogP contribution is 2.19. The quantitative estimate of drug-likeness (QED) is 0.645. The van der Waals surface area contributed by atoms with Crippen LogP contribution in [0.5, 0.6) is 0 Å². The Hall–Kier alpha value is 0.430. The van der Waals surface area contributed by atoms with Gasteiger partial charge in [0.25, 0.3) is 0 Å². The van der Waals surface area contributed by atoms with Gasteiger partial charge in [0.1, 0.15) is 0 Å². The maximum absolute atomic E-state index is 7.63. The third kappa shape index (κ3) is 1.93. The van der Waals surface area contributed by atoms with E-state index in [1.54, 1.807) is 22.6 Å².